The van der Waals surface area contributed by atoms with Gasteiger partial charge >= 0.3 is 17.7 Å². The zero-order chi connectivity index (χ0) is 33.1. The van der Waals surface area contributed by atoms with Crippen LogP contribution >= 0.6 is 23.5 Å². The molecule has 0 unspecified atom stereocenters. The van der Waals surface area contributed by atoms with Gasteiger partial charge in [-0.1, -0.05) is 23.9 Å². The van der Waals surface area contributed by atoms with E-state index in [4.69, 9.17) is 4.74 Å². The summed E-state index contributed by atoms with van der Waals surface area (Å²) in [6, 6.07) is 16.2. The average molecular weight is 681 g/mol. The van der Waals surface area contributed by atoms with Crippen LogP contribution in [0.15, 0.2) is 82.9 Å². The summed E-state index contributed by atoms with van der Waals surface area (Å²) in [5, 5.41) is 7.03. The largest absolute Gasteiger partial charge is 0.446 e. The second-order valence-corrected chi connectivity index (χ2v) is 11.8. The van der Waals surface area contributed by atoms with E-state index in [0.29, 0.717) is 28.3 Å². The molecule has 2 heterocycles. The van der Waals surface area contributed by atoms with Crippen LogP contribution in [0.3, 0.4) is 0 Å². The van der Waals surface area contributed by atoms with Gasteiger partial charge in [0.05, 0.1) is 23.7 Å². The number of amides is 3. The minimum atomic E-state index is -4.51. The van der Waals surface area contributed by atoms with Crippen molar-refractivity contribution in [3.8, 4) is 17.1 Å². The topological polar surface area (TPSA) is 102 Å². The van der Waals surface area contributed by atoms with Crippen LogP contribution in [0.4, 0.5) is 42.5 Å². The summed E-state index contributed by atoms with van der Waals surface area (Å²) in [5.74, 6) is -0.0864. The SMILES string of the molecule is Cc1ccc(COCC(F)(F)F)c(N2C(=O)CSC2=NC(=O)Nc2ccc(-c3ncn(-c4ccc(SC(F)(F)F)cc4)n3)cc2)c1. The Bertz CT molecular complexity index is 1760. The number of nitrogens with zero attached hydrogens (tertiary/aromatic N) is 5. The molecule has 46 heavy (non-hydrogen) atoms. The molecule has 0 radical (unpaired) electrons. The molecule has 0 bridgehead atoms. The maximum atomic E-state index is 12.8. The van der Waals surface area contributed by atoms with Crippen molar-refractivity contribution in [1.82, 2.24) is 14.8 Å². The van der Waals surface area contributed by atoms with Gasteiger partial charge in [-0.25, -0.2) is 14.5 Å². The average Bonchev–Trinajstić information content (AvgIpc) is 3.60. The zero-order valence-corrected chi connectivity index (χ0v) is 25.2. The quantitative estimate of drug-likeness (QED) is 0.151. The number of benzene rings is 3. The lowest BCUT2D eigenvalue weighted by Crippen LogP contribution is -2.31. The smallest absolute Gasteiger partial charge is 0.367 e. The van der Waals surface area contributed by atoms with Crippen LogP contribution in [-0.2, 0) is 16.1 Å². The van der Waals surface area contributed by atoms with Gasteiger partial charge in [-0.3, -0.25) is 9.69 Å². The van der Waals surface area contributed by atoms with Crippen molar-refractivity contribution < 1.29 is 40.7 Å². The standard InChI is InChI=1S/C29H22F6N6O3S2/c1-17-2-3-19(13-44-15-28(30,31)32)23(12-17)41-24(42)14-45-27(41)38-26(43)37-20-6-4-18(5-7-20)25-36-16-40(39-25)21-8-10-22(11-9-21)46-29(33,34)35/h2-12,16H,13-15H2,1H3,(H,37,43). The van der Waals surface area contributed by atoms with E-state index >= 15 is 0 Å². The predicted octanol–water partition coefficient (Wildman–Crippen LogP) is 7.60. The van der Waals surface area contributed by atoms with Gasteiger partial charge in [0.2, 0.25) is 5.91 Å². The zero-order valence-electron chi connectivity index (χ0n) is 23.6. The van der Waals surface area contributed by atoms with Gasteiger partial charge < -0.3 is 10.1 Å². The summed E-state index contributed by atoms with van der Waals surface area (Å²) in [6.07, 6.45) is -3.09. The second kappa shape index (κ2) is 13.6. The number of carbonyl (C=O) groups is 2. The Balaban J connectivity index is 1.26. The van der Waals surface area contributed by atoms with Crippen molar-refractivity contribution >= 4 is 52.0 Å². The molecule has 0 aliphatic carbocycles. The molecule has 0 saturated carbocycles. The Morgan fingerprint density at radius 2 is 1.76 bits per heavy atom. The third kappa shape index (κ3) is 8.67. The molecular weight excluding hydrogens is 658 g/mol. The van der Waals surface area contributed by atoms with Gasteiger partial charge in [-0.15, -0.1) is 5.10 Å². The van der Waals surface area contributed by atoms with Gasteiger partial charge in [0, 0.05) is 21.7 Å². The Morgan fingerprint density at radius 1 is 1.04 bits per heavy atom. The van der Waals surface area contributed by atoms with Gasteiger partial charge in [0.1, 0.15) is 12.9 Å². The molecule has 1 N–H and O–H groups in total. The number of alkyl halides is 6. The molecule has 1 saturated heterocycles. The van der Waals surface area contributed by atoms with Crippen LogP contribution < -0.4 is 10.2 Å². The number of nitrogens with one attached hydrogen (secondary N) is 1. The number of aliphatic imine (C=N–C) groups is 1. The summed E-state index contributed by atoms with van der Waals surface area (Å²) in [7, 11) is 0. The molecule has 1 fully saturated rings. The normalized spacial score (nSPS) is 14.7. The summed E-state index contributed by atoms with van der Waals surface area (Å²) >= 11 is 0.799. The van der Waals surface area contributed by atoms with E-state index in [-0.39, 0.29) is 33.3 Å². The monoisotopic (exact) mass is 680 g/mol. The fourth-order valence-corrected chi connectivity index (χ4v) is 5.62. The number of aryl methyl sites for hydroxylation is 1. The number of hydrogen-bond acceptors (Lipinski definition) is 7. The number of thioether (sulfide) groups is 2. The number of hydrogen-bond donors (Lipinski definition) is 1. The highest BCUT2D eigenvalue weighted by Crippen LogP contribution is 2.37. The van der Waals surface area contributed by atoms with E-state index in [1.54, 1.807) is 49.4 Å². The predicted molar refractivity (Wildman–Crippen MR) is 162 cm³/mol. The molecule has 3 amide bonds. The Kier molecular flexibility index (Phi) is 9.74. The van der Waals surface area contributed by atoms with Crippen LogP contribution in [0.2, 0.25) is 0 Å². The summed E-state index contributed by atoms with van der Waals surface area (Å²) in [4.78, 5) is 35.1. The molecule has 3 aromatic carbocycles. The molecule has 9 nitrogen and oxygen atoms in total. The molecule has 0 atom stereocenters. The van der Waals surface area contributed by atoms with Crippen molar-refractivity contribution in [2.24, 2.45) is 4.99 Å². The van der Waals surface area contributed by atoms with E-state index in [9.17, 15) is 35.9 Å². The first kappa shape index (κ1) is 33.0. The first-order valence-corrected chi connectivity index (χ1v) is 15.0. The summed E-state index contributed by atoms with van der Waals surface area (Å²) in [5.41, 5.74) is -1.58. The van der Waals surface area contributed by atoms with E-state index in [0.717, 1.165) is 17.3 Å². The second-order valence-electron chi connectivity index (χ2n) is 9.71. The highest BCUT2D eigenvalue weighted by molar-refractivity contribution is 8.15. The minimum Gasteiger partial charge on any atom is -0.367 e. The first-order chi connectivity index (χ1) is 21.7. The number of carbonyl (C=O) groups excluding carboxylic acids is 2. The fraction of sp³-hybridized carbons (Fsp3) is 0.207. The maximum absolute atomic E-state index is 12.8. The minimum absolute atomic E-state index is 0.0199. The molecule has 1 aromatic heterocycles. The van der Waals surface area contributed by atoms with Gasteiger partial charge in [0.25, 0.3) is 0 Å². The van der Waals surface area contributed by atoms with Crippen molar-refractivity contribution in [2.45, 2.75) is 30.1 Å². The third-order valence-electron chi connectivity index (χ3n) is 6.19. The lowest BCUT2D eigenvalue weighted by molar-refractivity contribution is -0.176. The van der Waals surface area contributed by atoms with E-state index in [1.807, 2.05) is 0 Å². The van der Waals surface area contributed by atoms with E-state index < -0.39 is 36.8 Å². The van der Waals surface area contributed by atoms with Gasteiger partial charge in [-0.05, 0) is 78.8 Å². The van der Waals surface area contributed by atoms with E-state index in [1.165, 1.54) is 40.2 Å². The van der Waals surface area contributed by atoms with Crippen LogP contribution in [0.1, 0.15) is 11.1 Å². The molecule has 1 aliphatic heterocycles. The molecule has 17 heteroatoms. The van der Waals surface area contributed by atoms with Crippen molar-refractivity contribution in [1.29, 1.82) is 0 Å². The molecule has 0 spiro atoms. The third-order valence-corrected chi connectivity index (χ3v) is 7.85. The van der Waals surface area contributed by atoms with Crippen LogP contribution in [0.5, 0.6) is 0 Å². The fourth-order valence-electron chi connectivity index (χ4n) is 4.22. The maximum Gasteiger partial charge on any atom is 0.446 e. The molecular formula is C29H22F6N6O3S2. The number of halogens is 6. The first-order valence-electron chi connectivity index (χ1n) is 13.2. The Morgan fingerprint density at radius 3 is 2.43 bits per heavy atom. The highest BCUT2D eigenvalue weighted by Gasteiger charge is 2.33. The van der Waals surface area contributed by atoms with Gasteiger partial charge in [0.15, 0.2) is 11.0 Å². The van der Waals surface area contributed by atoms with Crippen molar-refractivity contribution in [3.05, 3.63) is 84.2 Å². The van der Waals surface area contributed by atoms with Crippen molar-refractivity contribution in [2.75, 3.05) is 22.6 Å². The van der Waals surface area contributed by atoms with Crippen molar-refractivity contribution in [3.63, 3.8) is 0 Å². The van der Waals surface area contributed by atoms with Gasteiger partial charge in [-0.2, -0.15) is 31.3 Å². The number of urea groups is 1. The number of amidine groups is 1. The number of anilines is 2. The Labute approximate surface area is 266 Å². The molecule has 4 aromatic rings. The lowest BCUT2D eigenvalue weighted by atomic mass is 10.1. The van der Waals surface area contributed by atoms with E-state index in [2.05, 4.69) is 20.4 Å². The number of aromatic nitrogens is 3. The molecule has 1 aliphatic rings. The van der Waals surface area contributed by atoms with Crippen LogP contribution in [0, 0.1) is 6.92 Å². The lowest BCUT2D eigenvalue weighted by Gasteiger charge is -2.20. The molecule has 240 valence electrons. The molecule has 5 rings (SSSR count). The van der Waals surface area contributed by atoms with Crippen LogP contribution in [0.25, 0.3) is 17.1 Å². The summed E-state index contributed by atoms with van der Waals surface area (Å²) in [6.45, 7) is -0.108. The highest BCUT2D eigenvalue weighted by atomic mass is 32.2. The summed E-state index contributed by atoms with van der Waals surface area (Å²) < 4.78 is 81.8. The number of rotatable bonds is 8. The van der Waals surface area contributed by atoms with Crippen LogP contribution in [-0.4, -0.2) is 55.9 Å². The number of ether oxygens (including phenoxy) is 1. The Hall–Kier alpha value is -4.35.